The van der Waals surface area contributed by atoms with Gasteiger partial charge in [-0.15, -0.1) is 0 Å². The fourth-order valence-corrected chi connectivity index (χ4v) is 2.15. The van der Waals surface area contributed by atoms with E-state index in [2.05, 4.69) is 19.6 Å². The summed E-state index contributed by atoms with van der Waals surface area (Å²) in [7, 11) is 1.68. The first-order valence-electron chi connectivity index (χ1n) is 5.12. The van der Waals surface area contributed by atoms with Crippen LogP contribution < -0.4 is 0 Å². The average Bonchev–Trinajstić information content (AvgIpc) is 2.56. The third kappa shape index (κ3) is 2.64. The smallest absolute Gasteiger partial charge is 0.223 e. The van der Waals surface area contributed by atoms with E-state index in [0.29, 0.717) is 18.9 Å². The Morgan fingerprint density at radius 1 is 1.71 bits per heavy atom. The number of amides is 1. The summed E-state index contributed by atoms with van der Waals surface area (Å²) in [6.45, 7) is 3.58. The van der Waals surface area contributed by atoms with Gasteiger partial charge < -0.3 is 9.64 Å². The van der Waals surface area contributed by atoms with Crippen molar-refractivity contribution in [3.63, 3.8) is 0 Å². The third-order valence-electron chi connectivity index (χ3n) is 2.77. The molecule has 14 heavy (non-hydrogen) atoms. The minimum absolute atomic E-state index is 0.248. The van der Waals surface area contributed by atoms with Crippen molar-refractivity contribution in [3.05, 3.63) is 0 Å². The number of carbonyl (C=O) groups is 1. The quantitative estimate of drug-likeness (QED) is 0.701. The van der Waals surface area contributed by atoms with Crippen LogP contribution in [0, 0.1) is 5.92 Å². The molecule has 0 spiro atoms. The molecule has 1 aliphatic heterocycles. The van der Waals surface area contributed by atoms with Crippen molar-refractivity contribution in [2.75, 3.05) is 26.0 Å². The summed E-state index contributed by atoms with van der Waals surface area (Å²) in [6, 6.07) is 0.248. The van der Waals surface area contributed by atoms with E-state index in [1.54, 1.807) is 7.11 Å². The molecule has 2 unspecified atom stereocenters. The lowest BCUT2D eigenvalue weighted by Crippen LogP contribution is -2.39. The number of nitrogens with zero attached hydrogens (tertiary/aromatic N) is 1. The highest BCUT2D eigenvalue weighted by Gasteiger charge is 2.32. The lowest BCUT2D eigenvalue weighted by atomic mass is 10.1. The van der Waals surface area contributed by atoms with E-state index in [-0.39, 0.29) is 11.9 Å². The molecule has 0 N–H and O–H groups in total. The van der Waals surface area contributed by atoms with E-state index in [0.717, 1.165) is 18.7 Å². The van der Waals surface area contributed by atoms with E-state index in [4.69, 9.17) is 4.74 Å². The summed E-state index contributed by atoms with van der Waals surface area (Å²) in [4.78, 5) is 13.6. The van der Waals surface area contributed by atoms with Crippen LogP contribution in [0.4, 0.5) is 0 Å². The Morgan fingerprint density at radius 3 is 2.86 bits per heavy atom. The Kier molecular flexibility index (Phi) is 4.75. The Labute approximate surface area is 91.2 Å². The highest BCUT2D eigenvalue weighted by Crippen LogP contribution is 2.22. The third-order valence-corrected chi connectivity index (χ3v) is 3.28. The first-order chi connectivity index (χ1) is 6.72. The van der Waals surface area contributed by atoms with Crippen LogP contribution in [0.5, 0.6) is 0 Å². The maximum Gasteiger partial charge on any atom is 0.223 e. The molecular formula is C10H19NO2S. The van der Waals surface area contributed by atoms with E-state index in [1.807, 2.05) is 4.90 Å². The lowest BCUT2D eigenvalue weighted by Gasteiger charge is -2.26. The number of thiol groups is 1. The summed E-state index contributed by atoms with van der Waals surface area (Å²) in [5.74, 6) is 1.48. The molecule has 0 aromatic rings. The monoisotopic (exact) mass is 217 g/mol. The van der Waals surface area contributed by atoms with Gasteiger partial charge in [0.05, 0.1) is 12.6 Å². The fraction of sp³-hybridized carbons (Fsp3) is 0.900. The molecule has 1 rings (SSSR count). The number of rotatable bonds is 5. The van der Waals surface area contributed by atoms with Gasteiger partial charge in [-0.25, -0.2) is 0 Å². The lowest BCUT2D eigenvalue weighted by molar-refractivity contribution is -0.130. The second-order valence-electron chi connectivity index (χ2n) is 3.82. The van der Waals surface area contributed by atoms with Gasteiger partial charge in [0.25, 0.3) is 0 Å². The second-order valence-corrected chi connectivity index (χ2v) is 4.18. The van der Waals surface area contributed by atoms with Crippen LogP contribution in [0.15, 0.2) is 0 Å². The Morgan fingerprint density at radius 2 is 2.43 bits per heavy atom. The summed E-state index contributed by atoms with van der Waals surface area (Å²) >= 11 is 4.24. The molecule has 0 aliphatic carbocycles. The molecule has 1 heterocycles. The maximum atomic E-state index is 11.7. The predicted octanol–water partition coefficient (Wildman–Crippen LogP) is 1.19. The molecular weight excluding hydrogens is 198 g/mol. The summed E-state index contributed by atoms with van der Waals surface area (Å²) < 4.78 is 5.11. The van der Waals surface area contributed by atoms with Crippen molar-refractivity contribution in [1.82, 2.24) is 4.90 Å². The number of ether oxygens (including phenoxy) is 1. The molecule has 1 saturated heterocycles. The van der Waals surface area contributed by atoms with Gasteiger partial charge in [-0.2, -0.15) is 12.6 Å². The standard InChI is InChI=1S/C10H19NO2S/c1-3-9(6-13-2)11-5-8(7-14)4-10(11)12/h8-9,14H,3-7H2,1-2H3. The molecule has 1 aliphatic rings. The van der Waals surface area contributed by atoms with Crippen molar-refractivity contribution in [2.24, 2.45) is 5.92 Å². The van der Waals surface area contributed by atoms with E-state index >= 15 is 0 Å². The van der Waals surface area contributed by atoms with Gasteiger partial charge in [0.1, 0.15) is 0 Å². The van der Waals surface area contributed by atoms with Crippen molar-refractivity contribution in [2.45, 2.75) is 25.8 Å². The molecule has 4 heteroatoms. The van der Waals surface area contributed by atoms with Crippen LogP contribution in [0.3, 0.4) is 0 Å². The molecule has 0 aromatic carbocycles. The summed E-state index contributed by atoms with van der Waals surface area (Å²) in [5.41, 5.74) is 0. The van der Waals surface area contributed by atoms with Gasteiger partial charge in [-0.1, -0.05) is 6.92 Å². The molecule has 0 radical (unpaired) electrons. The van der Waals surface area contributed by atoms with Gasteiger partial charge in [-0.3, -0.25) is 4.79 Å². The van der Waals surface area contributed by atoms with Crippen LogP contribution >= 0.6 is 12.6 Å². The Hall–Kier alpha value is -0.220. The van der Waals surface area contributed by atoms with Gasteiger partial charge in [0.2, 0.25) is 5.91 Å². The number of likely N-dealkylation sites (tertiary alicyclic amines) is 1. The number of hydrogen-bond acceptors (Lipinski definition) is 3. The van der Waals surface area contributed by atoms with Crippen molar-refractivity contribution >= 4 is 18.5 Å². The topological polar surface area (TPSA) is 29.5 Å². The van der Waals surface area contributed by atoms with Crippen LogP contribution in [-0.2, 0) is 9.53 Å². The number of hydrogen-bond donors (Lipinski definition) is 1. The molecule has 2 atom stereocenters. The second kappa shape index (κ2) is 5.61. The minimum atomic E-state index is 0.248. The van der Waals surface area contributed by atoms with Crippen LogP contribution in [0.2, 0.25) is 0 Å². The van der Waals surface area contributed by atoms with Crippen LogP contribution in [0.1, 0.15) is 19.8 Å². The Bertz CT molecular complexity index is 199. The van der Waals surface area contributed by atoms with Crippen molar-refractivity contribution in [1.29, 1.82) is 0 Å². The van der Waals surface area contributed by atoms with Crippen molar-refractivity contribution < 1.29 is 9.53 Å². The molecule has 3 nitrogen and oxygen atoms in total. The average molecular weight is 217 g/mol. The summed E-state index contributed by atoms with van der Waals surface area (Å²) in [5, 5.41) is 0. The van der Waals surface area contributed by atoms with Gasteiger partial charge in [-0.05, 0) is 18.1 Å². The van der Waals surface area contributed by atoms with E-state index in [9.17, 15) is 4.79 Å². The predicted molar refractivity (Wildman–Crippen MR) is 59.6 cm³/mol. The summed E-state index contributed by atoms with van der Waals surface area (Å²) in [6.07, 6.45) is 1.61. The molecule has 1 amide bonds. The maximum absolute atomic E-state index is 11.7. The highest BCUT2D eigenvalue weighted by atomic mass is 32.1. The number of methoxy groups -OCH3 is 1. The number of carbonyl (C=O) groups excluding carboxylic acids is 1. The van der Waals surface area contributed by atoms with Gasteiger partial charge in [0, 0.05) is 20.1 Å². The van der Waals surface area contributed by atoms with Gasteiger partial charge in [0.15, 0.2) is 0 Å². The van der Waals surface area contributed by atoms with Crippen LogP contribution in [0.25, 0.3) is 0 Å². The minimum Gasteiger partial charge on any atom is -0.383 e. The fourth-order valence-electron chi connectivity index (χ4n) is 1.90. The van der Waals surface area contributed by atoms with Gasteiger partial charge >= 0.3 is 0 Å². The van der Waals surface area contributed by atoms with E-state index < -0.39 is 0 Å². The van der Waals surface area contributed by atoms with Crippen molar-refractivity contribution in [3.8, 4) is 0 Å². The highest BCUT2D eigenvalue weighted by molar-refractivity contribution is 7.80. The molecule has 0 bridgehead atoms. The molecule has 82 valence electrons. The molecule has 0 saturated carbocycles. The molecule has 1 fully saturated rings. The zero-order valence-electron chi connectivity index (χ0n) is 8.90. The van der Waals surface area contributed by atoms with Crippen LogP contribution in [-0.4, -0.2) is 42.9 Å². The normalized spacial score (nSPS) is 24.4. The first kappa shape index (κ1) is 11.9. The Balaban J connectivity index is 2.53. The first-order valence-corrected chi connectivity index (χ1v) is 5.75. The van der Waals surface area contributed by atoms with E-state index in [1.165, 1.54) is 0 Å². The zero-order chi connectivity index (χ0) is 10.6. The molecule has 0 aromatic heterocycles. The SMILES string of the molecule is CCC(COC)N1CC(CS)CC1=O. The largest absolute Gasteiger partial charge is 0.383 e. The zero-order valence-corrected chi connectivity index (χ0v) is 9.80.